The van der Waals surface area contributed by atoms with E-state index in [-0.39, 0.29) is 29.8 Å². The summed E-state index contributed by atoms with van der Waals surface area (Å²) in [5, 5.41) is 7.51. The zero-order chi connectivity index (χ0) is 17.7. The van der Waals surface area contributed by atoms with Gasteiger partial charge in [0.05, 0.1) is 5.39 Å². The summed E-state index contributed by atoms with van der Waals surface area (Å²) in [5.74, 6) is -1.10. The predicted octanol–water partition coefficient (Wildman–Crippen LogP) is 1.40. The highest BCUT2D eigenvalue weighted by Crippen LogP contribution is 2.13. The molecular formula is C17H21N3O4. The molecule has 0 unspecified atom stereocenters. The smallest absolute Gasteiger partial charge is 0.359 e. The second kappa shape index (κ2) is 7.72. The zero-order valence-corrected chi connectivity index (χ0v) is 14.0. The fourth-order valence-electron chi connectivity index (χ4n) is 2.47. The number of aryl methyl sites for hydroxylation is 1. The monoisotopic (exact) mass is 331 g/mol. The fourth-order valence-corrected chi connectivity index (χ4v) is 2.47. The van der Waals surface area contributed by atoms with E-state index in [4.69, 9.17) is 4.74 Å². The molecule has 1 amide bonds. The van der Waals surface area contributed by atoms with Crippen LogP contribution in [0.15, 0.2) is 29.1 Å². The molecule has 1 heterocycles. The van der Waals surface area contributed by atoms with E-state index in [0.717, 1.165) is 17.5 Å². The van der Waals surface area contributed by atoms with Crippen molar-refractivity contribution in [1.82, 2.24) is 15.1 Å². The molecule has 0 aliphatic carbocycles. The normalized spacial score (nSPS) is 12.0. The van der Waals surface area contributed by atoms with E-state index in [2.05, 4.69) is 10.4 Å². The van der Waals surface area contributed by atoms with Crippen LogP contribution in [0.25, 0.3) is 10.8 Å². The molecule has 0 fully saturated rings. The van der Waals surface area contributed by atoms with Gasteiger partial charge in [-0.2, -0.15) is 5.10 Å². The summed E-state index contributed by atoms with van der Waals surface area (Å²) < 4.78 is 6.13. The van der Waals surface area contributed by atoms with Crippen LogP contribution in [-0.4, -0.2) is 34.3 Å². The first-order valence-corrected chi connectivity index (χ1v) is 7.86. The number of rotatable bonds is 6. The summed E-state index contributed by atoms with van der Waals surface area (Å²) in [5.41, 5.74) is -0.282. The van der Waals surface area contributed by atoms with Crippen LogP contribution in [0.1, 0.15) is 37.2 Å². The number of carbonyl (C=O) groups excluding carboxylic acids is 2. The van der Waals surface area contributed by atoms with Crippen LogP contribution in [0.2, 0.25) is 0 Å². The van der Waals surface area contributed by atoms with Gasteiger partial charge >= 0.3 is 5.97 Å². The average Bonchev–Trinajstić information content (AvgIpc) is 2.56. The number of nitrogens with one attached hydrogen (secondary N) is 1. The molecule has 128 valence electrons. The maximum Gasteiger partial charge on any atom is 0.359 e. The lowest BCUT2D eigenvalue weighted by atomic mass is 10.1. The molecule has 2 rings (SSSR count). The molecule has 7 nitrogen and oxygen atoms in total. The third-order valence-corrected chi connectivity index (χ3v) is 3.61. The third-order valence-electron chi connectivity index (χ3n) is 3.61. The molecule has 0 spiro atoms. The van der Waals surface area contributed by atoms with Crippen molar-refractivity contribution in [2.24, 2.45) is 7.05 Å². The van der Waals surface area contributed by atoms with Gasteiger partial charge in [-0.25, -0.2) is 9.48 Å². The molecule has 7 heteroatoms. The van der Waals surface area contributed by atoms with E-state index < -0.39 is 5.97 Å². The third kappa shape index (κ3) is 3.98. The molecule has 0 saturated carbocycles. The number of ether oxygens (including phenoxy) is 1. The Labute approximate surface area is 139 Å². The quantitative estimate of drug-likeness (QED) is 0.808. The van der Waals surface area contributed by atoms with E-state index in [1.807, 2.05) is 13.8 Å². The Morgan fingerprint density at radius 2 is 1.96 bits per heavy atom. The maximum atomic E-state index is 12.3. The van der Waals surface area contributed by atoms with Crippen molar-refractivity contribution in [2.75, 3.05) is 6.61 Å². The summed E-state index contributed by atoms with van der Waals surface area (Å²) in [6, 6.07) is 6.69. The van der Waals surface area contributed by atoms with Crippen LogP contribution in [-0.2, 0) is 16.6 Å². The number of nitrogens with zero attached hydrogens (tertiary/aromatic N) is 2. The first kappa shape index (κ1) is 17.7. The number of carbonyl (C=O) groups is 2. The minimum Gasteiger partial charge on any atom is -0.451 e. The topological polar surface area (TPSA) is 90.3 Å². The summed E-state index contributed by atoms with van der Waals surface area (Å²) in [4.78, 5) is 36.1. The van der Waals surface area contributed by atoms with Gasteiger partial charge in [0.15, 0.2) is 12.3 Å². The molecule has 1 N–H and O–H groups in total. The van der Waals surface area contributed by atoms with Gasteiger partial charge in [-0.05, 0) is 19.4 Å². The van der Waals surface area contributed by atoms with Crippen molar-refractivity contribution < 1.29 is 14.3 Å². The molecule has 0 saturated heterocycles. The van der Waals surface area contributed by atoms with Crippen LogP contribution in [0.4, 0.5) is 0 Å². The van der Waals surface area contributed by atoms with Crippen LogP contribution in [0, 0.1) is 0 Å². The number of esters is 1. The Morgan fingerprint density at radius 3 is 2.62 bits per heavy atom. The molecule has 0 radical (unpaired) electrons. The Hall–Kier alpha value is -2.70. The van der Waals surface area contributed by atoms with Crippen molar-refractivity contribution in [3.05, 3.63) is 40.3 Å². The summed E-state index contributed by atoms with van der Waals surface area (Å²) >= 11 is 0. The van der Waals surface area contributed by atoms with E-state index >= 15 is 0 Å². The van der Waals surface area contributed by atoms with E-state index in [1.165, 1.54) is 7.05 Å². The lowest BCUT2D eigenvalue weighted by Gasteiger charge is -2.13. The number of hydrogen-bond acceptors (Lipinski definition) is 5. The van der Waals surface area contributed by atoms with Crippen LogP contribution < -0.4 is 10.9 Å². The minimum absolute atomic E-state index is 0.0158. The van der Waals surface area contributed by atoms with Crippen molar-refractivity contribution in [3.63, 3.8) is 0 Å². The van der Waals surface area contributed by atoms with Crippen molar-refractivity contribution >= 4 is 22.6 Å². The van der Waals surface area contributed by atoms with Gasteiger partial charge in [0, 0.05) is 18.5 Å². The van der Waals surface area contributed by atoms with E-state index in [1.54, 1.807) is 24.3 Å². The SMILES string of the molecule is CCC[C@@H](C)NC(=O)COC(=O)c1nn(C)c(=O)c2ccccc12. The van der Waals surface area contributed by atoms with Crippen molar-refractivity contribution in [3.8, 4) is 0 Å². The number of fused-ring (bicyclic) bond motifs is 1. The van der Waals surface area contributed by atoms with Gasteiger partial charge < -0.3 is 10.1 Å². The molecule has 0 bridgehead atoms. The van der Waals surface area contributed by atoms with Gasteiger partial charge in [0.2, 0.25) is 0 Å². The first-order valence-electron chi connectivity index (χ1n) is 7.86. The molecular weight excluding hydrogens is 310 g/mol. The largest absolute Gasteiger partial charge is 0.451 e. The number of benzene rings is 1. The molecule has 24 heavy (non-hydrogen) atoms. The Morgan fingerprint density at radius 1 is 1.29 bits per heavy atom. The lowest BCUT2D eigenvalue weighted by molar-refractivity contribution is -0.124. The standard InChI is InChI=1S/C17H21N3O4/c1-4-7-11(2)18-14(21)10-24-17(23)15-12-8-5-6-9-13(12)16(22)20(3)19-15/h5-6,8-9,11H,4,7,10H2,1-3H3,(H,18,21)/t11-/m1/s1. The van der Waals surface area contributed by atoms with E-state index in [9.17, 15) is 14.4 Å². The van der Waals surface area contributed by atoms with Gasteiger partial charge in [-0.3, -0.25) is 9.59 Å². The number of hydrogen-bond donors (Lipinski definition) is 1. The maximum absolute atomic E-state index is 12.3. The Balaban J connectivity index is 2.14. The summed E-state index contributed by atoms with van der Waals surface area (Å²) in [7, 11) is 1.46. The van der Waals surface area contributed by atoms with Gasteiger partial charge in [-0.1, -0.05) is 31.5 Å². The predicted molar refractivity (Wildman–Crippen MR) is 89.8 cm³/mol. The van der Waals surface area contributed by atoms with Gasteiger partial charge in [0.1, 0.15) is 0 Å². The second-order valence-corrected chi connectivity index (χ2v) is 5.66. The average molecular weight is 331 g/mol. The van der Waals surface area contributed by atoms with E-state index in [0.29, 0.717) is 10.8 Å². The molecule has 0 aliphatic rings. The van der Waals surface area contributed by atoms with Gasteiger partial charge in [-0.15, -0.1) is 0 Å². The molecule has 1 atom stereocenters. The second-order valence-electron chi connectivity index (χ2n) is 5.66. The Kier molecular flexibility index (Phi) is 5.68. The Bertz CT molecular complexity index is 813. The summed E-state index contributed by atoms with van der Waals surface area (Å²) in [6.07, 6.45) is 1.81. The van der Waals surface area contributed by atoms with Crippen LogP contribution in [0.3, 0.4) is 0 Å². The lowest BCUT2D eigenvalue weighted by Crippen LogP contribution is -2.36. The number of amides is 1. The van der Waals surface area contributed by atoms with Crippen molar-refractivity contribution in [1.29, 1.82) is 0 Å². The van der Waals surface area contributed by atoms with Crippen LogP contribution >= 0.6 is 0 Å². The highest BCUT2D eigenvalue weighted by atomic mass is 16.5. The molecule has 0 aliphatic heterocycles. The molecule has 1 aromatic carbocycles. The number of aromatic nitrogens is 2. The van der Waals surface area contributed by atoms with Crippen molar-refractivity contribution in [2.45, 2.75) is 32.7 Å². The zero-order valence-electron chi connectivity index (χ0n) is 14.0. The molecule has 1 aromatic heterocycles. The first-order chi connectivity index (χ1) is 11.4. The highest BCUT2D eigenvalue weighted by Gasteiger charge is 2.18. The summed E-state index contributed by atoms with van der Waals surface area (Å²) in [6.45, 7) is 3.54. The van der Waals surface area contributed by atoms with Crippen LogP contribution in [0.5, 0.6) is 0 Å². The van der Waals surface area contributed by atoms with Gasteiger partial charge in [0.25, 0.3) is 11.5 Å². The highest BCUT2D eigenvalue weighted by molar-refractivity contribution is 6.02. The fraction of sp³-hybridized carbons (Fsp3) is 0.412. The minimum atomic E-state index is -0.736. The molecule has 2 aromatic rings.